The molecular weight excluding hydrogens is 339 g/mol. The lowest BCUT2D eigenvalue weighted by Crippen LogP contribution is -2.45. The van der Waals surface area contributed by atoms with E-state index in [-0.39, 0.29) is 6.04 Å². The summed E-state index contributed by atoms with van der Waals surface area (Å²) in [5.41, 5.74) is 1.02. The fourth-order valence-corrected chi connectivity index (χ4v) is 3.31. The third-order valence-corrected chi connectivity index (χ3v) is 4.49. The van der Waals surface area contributed by atoms with Crippen molar-refractivity contribution in [2.45, 2.75) is 38.9 Å². The Morgan fingerprint density at radius 3 is 2.92 bits per heavy atom. The lowest BCUT2D eigenvalue weighted by Gasteiger charge is -2.19. The van der Waals surface area contributed by atoms with E-state index in [0.29, 0.717) is 38.6 Å². The summed E-state index contributed by atoms with van der Waals surface area (Å²) in [6.07, 6.45) is -2.70. The maximum absolute atomic E-state index is 12.4. The lowest BCUT2D eigenvalue weighted by atomic mass is 10.3. The molecule has 0 bridgehead atoms. The van der Waals surface area contributed by atoms with Gasteiger partial charge >= 0.3 is 6.18 Å². The van der Waals surface area contributed by atoms with Gasteiger partial charge in [0.25, 0.3) is 0 Å². The Kier molecular flexibility index (Phi) is 6.85. The summed E-state index contributed by atoms with van der Waals surface area (Å²) in [5, 5.41) is 9.44. The Bertz CT molecular complexity index is 543. The minimum atomic E-state index is -4.14. The highest BCUT2D eigenvalue weighted by Gasteiger charge is 2.34. The van der Waals surface area contributed by atoms with Gasteiger partial charge in [0, 0.05) is 44.0 Å². The highest BCUT2D eigenvalue weighted by Crippen LogP contribution is 2.19. The zero-order valence-electron chi connectivity index (χ0n) is 14.0. The van der Waals surface area contributed by atoms with E-state index >= 15 is 0 Å². The molecule has 0 aliphatic carbocycles. The van der Waals surface area contributed by atoms with Crippen molar-refractivity contribution in [1.82, 2.24) is 20.5 Å². The fraction of sp³-hybridized carbons (Fsp3) is 0.733. The molecule has 9 heteroatoms. The summed E-state index contributed by atoms with van der Waals surface area (Å²) in [6, 6.07) is -0.00772. The number of thiazole rings is 1. The highest BCUT2D eigenvalue weighted by molar-refractivity contribution is 7.09. The van der Waals surface area contributed by atoms with Crippen LogP contribution in [0.25, 0.3) is 0 Å². The van der Waals surface area contributed by atoms with Gasteiger partial charge in [0.2, 0.25) is 0 Å². The summed E-state index contributed by atoms with van der Waals surface area (Å²) in [5.74, 6) is 0.656. The number of aromatic nitrogens is 1. The van der Waals surface area contributed by atoms with Crippen LogP contribution >= 0.6 is 11.3 Å². The van der Waals surface area contributed by atoms with E-state index in [1.165, 1.54) is 4.90 Å². The zero-order valence-corrected chi connectivity index (χ0v) is 14.8. The number of nitrogens with one attached hydrogen (secondary N) is 2. The number of hydrogen-bond donors (Lipinski definition) is 2. The number of likely N-dealkylation sites (tertiary alicyclic amines) is 1. The zero-order chi connectivity index (χ0) is 17.6. The number of guanidine groups is 1. The summed E-state index contributed by atoms with van der Waals surface area (Å²) < 4.78 is 37.3. The van der Waals surface area contributed by atoms with E-state index in [4.69, 9.17) is 0 Å². The van der Waals surface area contributed by atoms with Crippen LogP contribution in [0.1, 0.15) is 24.0 Å². The molecule has 2 N–H and O–H groups in total. The monoisotopic (exact) mass is 363 g/mol. The molecule has 1 fully saturated rings. The average Bonchev–Trinajstić information content (AvgIpc) is 3.07. The minimum absolute atomic E-state index is 0.00772. The molecule has 0 saturated carbocycles. The van der Waals surface area contributed by atoms with E-state index in [2.05, 4.69) is 20.6 Å². The van der Waals surface area contributed by atoms with Crippen molar-refractivity contribution in [3.8, 4) is 0 Å². The fourth-order valence-electron chi connectivity index (χ4n) is 2.67. The van der Waals surface area contributed by atoms with E-state index in [0.717, 1.165) is 17.1 Å². The van der Waals surface area contributed by atoms with Crippen molar-refractivity contribution < 1.29 is 13.2 Å². The van der Waals surface area contributed by atoms with Gasteiger partial charge in [-0.15, -0.1) is 11.3 Å². The normalized spacial score (nSPS) is 19.7. The molecule has 2 heterocycles. The van der Waals surface area contributed by atoms with Crippen LogP contribution in [0.4, 0.5) is 13.2 Å². The second-order valence-corrected chi connectivity index (χ2v) is 6.91. The van der Waals surface area contributed by atoms with Crippen LogP contribution in [-0.2, 0) is 6.42 Å². The number of halogens is 3. The average molecular weight is 363 g/mol. The Hall–Kier alpha value is -1.35. The maximum Gasteiger partial charge on any atom is 0.401 e. The maximum atomic E-state index is 12.4. The molecule has 1 aromatic heterocycles. The molecule has 1 aromatic rings. The topological polar surface area (TPSA) is 52.6 Å². The van der Waals surface area contributed by atoms with Crippen LogP contribution in [0, 0.1) is 6.92 Å². The van der Waals surface area contributed by atoms with E-state index in [9.17, 15) is 13.2 Å². The van der Waals surface area contributed by atoms with Crippen molar-refractivity contribution in [3.05, 3.63) is 16.1 Å². The number of aliphatic imine (C=N–C) groups is 1. The molecule has 1 unspecified atom stereocenters. The summed E-state index contributed by atoms with van der Waals surface area (Å²) >= 11 is 1.62. The Morgan fingerprint density at radius 2 is 2.29 bits per heavy atom. The molecule has 1 aliphatic heterocycles. The Balaban J connectivity index is 1.81. The third-order valence-electron chi connectivity index (χ3n) is 3.66. The van der Waals surface area contributed by atoms with Crippen LogP contribution in [0.5, 0.6) is 0 Å². The molecule has 1 aliphatic rings. The largest absolute Gasteiger partial charge is 0.401 e. The molecule has 0 spiro atoms. The number of aryl methyl sites for hydroxylation is 1. The van der Waals surface area contributed by atoms with Crippen molar-refractivity contribution in [2.75, 3.05) is 32.7 Å². The van der Waals surface area contributed by atoms with Crippen LogP contribution in [0.15, 0.2) is 10.4 Å². The molecule has 0 radical (unpaired) electrons. The number of alkyl halides is 3. The summed E-state index contributed by atoms with van der Waals surface area (Å²) in [7, 11) is 0. The molecule has 1 atom stereocenters. The third kappa shape index (κ3) is 6.64. The first-order valence-corrected chi connectivity index (χ1v) is 8.98. The van der Waals surface area contributed by atoms with Crippen LogP contribution in [0.2, 0.25) is 0 Å². The quantitative estimate of drug-likeness (QED) is 0.601. The molecule has 0 aromatic carbocycles. The summed E-state index contributed by atoms with van der Waals surface area (Å²) in [6.45, 7) is 5.23. The van der Waals surface area contributed by atoms with E-state index in [1.54, 1.807) is 11.3 Å². The molecule has 136 valence electrons. The Morgan fingerprint density at radius 1 is 1.50 bits per heavy atom. The first-order chi connectivity index (χ1) is 11.4. The molecular formula is C15H24F3N5S. The lowest BCUT2D eigenvalue weighted by molar-refractivity contribution is -0.143. The second kappa shape index (κ2) is 8.66. The number of hydrogen-bond acceptors (Lipinski definition) is 4. The van der Waals surface area contributed by atoms with Gasteiger partial charge in [0.05, 0.1) is 17.2 Å². The van der Waals surface area contributed by atoms with Gasteiger partial charge in [-0.05, 0) is 20.3 Å². The SMILES string of the molecule is CCNC(=NCCc1csc(C)n1)NC1CCN(CC(F)(F)F)C1. The highest BCUT2D eigenvalue weighted by atomic mass is 32.1. The van der Waals surface area contributed by atoms with E-state index in [1.807, 2.05) is 19.2 Å². The van der Waals surface area contributed by atoms with Crippen molar-refractivity contribution in [1.29, 1.82) is 0 Å². The van der Waals surface area contributed by atoms with Crippen LogP contribution < -0.4 is 10.6 Å². The molecule has 5 nitrogen and oxygen atoms in total. The van der Waals surface area contributed by atoms with Gasteiger partial charge in [-0.3, -0.25) is 9.89 Å². The standard InChI is InChI=1S/C15H24F3N5S/c1-3-19-14(20-6-4-13-9-24-11(2)21-13)22-12-5-7-23(8-12)10-15(16,17)18/h9,12H,3-8,10H2,1-2H3,(H2,19,20,22). The van der Waals surface area contributed by atoms with Crippen LogP contribution in [0.3, 0.4) is 0 Å². The van der Waals surface area contributed by atoms with Crippen LogP contribution in [-0.4, -0.2) is 60.8 Å². The van der Waals surface area contributed by atoms with Gasteiger partial charge in [-0.2, -0.15) is 13.2 Å². The van der Waals surface area contributed by atoms with Crippen molar-refractivity contribution in [3.63, 3.8) is 0 Å². The first-order valence-electron chi connectivity index (χ1n) is 8.10. The first kappa shape index (κ1) is 19.0. The number of rotatable bonds is 6. The second-order valence-electron chi connectivity index (χ2n) is 5.85. The Labute approximate surface area is 144 Å². The van der Waals surface area contributed by atoms with Gasteiger partial charge in [-0.25, -0.2) is 4.98 Å². The molecule has 0 amide bonds. The number of nitrogens with zero attached hydrogens (tertiary/aromatic N) is 3. The summed E-state index contributed by atoms with van der Waals surface area (Å²) in [4.78, 5) is 10.3. The van der Waals surface area contributed by atoms with E-state index < -0.39 is 12.7 Å². The van der Waals surface area contributed by atoms with Gasteiger partial charge in [-0.1, -0.05) is 0 Å². The van der Waals surface area contributed by atoms with Gasteiger partial charge in [0.15, 0.2) is 5.96 Å². The smallest absolute Gasteiger partial charge is 0.357 e. The predicted octanol–water partition coefficient (Wildman–Crippen LogP) is 2.19. The predicted molar refractivity (Wildman–Crippen MR) is 90.6 cm³/mol. The van der Waals surface area contributed by atoms with Gasteiger partial charge < -0.3 is 10.6 Å². The van der Waals surface area contributed by atoms with Crippen molar-refractivity contribution in [2.24, 2.45) is 4.99 Å². The van der Waals surface area contributed by atoms with Gasteiger partial charge in [0.1, 0.15) is 0 Å². The molecule has 1 saturated heterocycles. The van der Waals surface area contributed by atoms with Crippen molar-refractivity contribution >= 4 is 17.3 Å². The minimum Gasteiger partial charge on any atom is -0.357 e. The molecule has 24 heavy (non-hydrogen) atoms. The molecule has 2 rings (SSSR count).